The minimum atomic E-state index is 0.393. The van der Waals surface area contributed by atoms with E-state index in [2.05, 4.69) is 48.5 Å². The molecule has 2 aromatic rings. The Morgan fingerprint density at radius 2 is 0.955 bits per heavy atom. The summed E-state index contributed by atoms with van der Waals surface area (Å²) in [5.41, 5.74) is 17.6. The molecule has 2 heteroatoms. The molecule has 0 aromatic heterocycles. The van der Waals surface area contributed by atoms with Gasteiger partial charge >= 0.3 is 0 Å². The summed E-state index contributed by atoms with van der Waals surface area (Å²) < 4.78 is 0. The van der Waals surface area contributed by atoms with Crippen LogP contribution in [0.1, 0.15) is 35.1 Å². The molecule has 0 heterocycles. The SMILES string of the molecule is NC1CCc2ccccc2C1.NC1CCc2ccccc2C1. The highest BCUT2D eigenvalue weighted by Crippen LogP contribution is 2.20. The zero-order chi connectivity index (χ0) is 15.4. The van der Waals surface area contributed by atoms with Gasteiger partial charge in [0.1, 0.15) is 0 Å². The van der Waals surface area contributed by atoms with Crippen molar-refractivity contribution in [2.75, 3.05) is 0 Å². The van der Waals surface area contributed by atoms with Gasteiger partial charge in [-0.15, -0.1) is 0 Å². The van der Waals surface area contributed by atoms with Crippen LogP contribution in [0.2, 0.25) is 0 Å². The maximum Gasteiger partial charge on any atom is 0.00825 e. The van der Waals surface area contributed by atoms with Crippen molar-refractivity contribution in [2.24, 2.45) is 11.5 Å². The van der Waals surface area contributed by atoms with Crippen LogP contribution >= 0.6 is 0 Å². The van der Waals surface area contributed by atoms with Gasteiger partial charge in [-0.25, -0.2) is 0 Å². The van der Waals surface area contributed by atoms with Crippen LogP contribution in [0.25, 0.3) is 0 Å². The highest BCUT2D eigenvalue weighted by molar-refractivity contribution is 5.30. The highest BCUT2D eigenvalue weighted by atomic mass is 14.6. The summed E-state index contributed by atoms with van der Waals surface area (Å²) >= 11 is 0. The van der Waals surface area contributed by atoms with Gasteiger partial charge in [-0.3, -0.25) is 0 Å². The molecule has 22 heavy (non-hydrogen) atoms. The first-order chi connectivity index (χ1) is 10.7. The standard InChI is InChI=1S/2C10H13N/c2*11-10-6-5-8-3-1-2-4-9(8)7-10/h2*1-4,10H,5-7,11H2. The summed E-state index contributed by atoms with van der Waals surface area (Å²) in [4.78, 5) is 0. The molecule has 0 fully saturated rings. The van der Waals surface area contributed by atoms with Crippen LogP contribution in [-0.4, -0.2) is 12.1 Å². The molecule has 4 N–H and O–H groups in total. The third kappa shape index (κ3) is 3.76. The van der Waals surface area contributed by atoms with E-state index in [4.69, 9.17) is 11.5 Å². The lowest BCUT2D eigenvalue weighted by atomic mass is 9.89. The van der Waals surface area contributed by atoms with E-state index in [0.29, 0.717) is 12.1 Å². The van der Waals surface area contributed by atoms with Crippen LogP contribution in [-0.2, 0) is 25.7 Å². The zero-order valence-corrected chi connectivity index (χ0v) is 13.2. The molecule has 2 unspecified atom stereocenters. The number of hydrogen-bond donors (Lipinski definition) is 2. The van der Waals surface area contributed by atoms with E-state index < -0.39 is 0 Å². The summed E-state index contributed by atoms with van der Waals surface area (Å²) in [6.45, 7) is 0. The van der Waals surface area contributed by atoms with Gasteiger partial charge in [0.2, 0.25) is 0 Å². The molecule has 2 atom stereocenters. The maximum absolute atomic E-state index is 5.85. The second-order valence-electron chi connectivity index (χ2n) is 6.54. The monoisotopic (exact) mass is 294 g/mol. The summed E-state index contributed by atoms with van der Waals surface area (Å²) in [5, 5.41) is 0. The van der Waals surface area contributed by atoms with E-state index in [9.17, 15) is 0 Å². The lowest BCUT2D eigenvalue weighted by molar-refractivity contribution is 0.576. The normalized spacial score (nSPS) is 22.8. The molecule has 0 saturated heterocycles. The minimum Gasteiger partial charge on any atom is -0.327 e. The van der Waals surface area contributed by atoms with Gasteiger partial charge in [0.25, 0.3) is 0 Å². The fourth-order valence-corrected chi connectivity index (χ4v) is 3.45. The van der Waals surface area contributed by atoms with Gasteiger partial charge in [0.15, 0.2) is 0 Å². The lowest BCUT2D eigenvalue weighted by Gasteiger charge is -2.20. The van der Waals surface area contributed by atoms with Crippen LogP contribution in [0.5, 0.6) is 0 Å². The minimum absolute atomic E-state index is 0.393. The molecule has 4 rings (SSSR count). The van der Waals surface area contributed by atoms with Crippen LogP contribution in [0, 0.1) is 0 Å². The molecular formula is C20H26N2. The van der Waals surface area contributed by atoms with Crippen molar-refractivity contribution in [3.05, 3.63) is 70.8 Å². The maximum atomic E-state index is 5.85. The number of benzene rings is 2. The van der Waals surface area contributed by atoms with Crippen molar-refractivity contribution in [2.45, 2.75) is 50.6 Å². The molecule has 116 valence electrons. The molecule has 0 aliphatic heterocycles. The molecule has 0 spiro atoms. The fraction of sp³-hybridized carbons (Fsp3) is 0.400. The Labute approximate surface area is 133 Å². The van der Waals surface area contributed by atoms with Gasteiger partial charge < -0.3 is 11.5 Å². The number of rotatable bonds is 0. The number of aryl methyl sites for hydroxylation is 2. The second kappa shape index (κ2) is 7.08. The van der Waals surface area contributed by atoms with Crippen molar-refractivity contribution in [3.63, 3.8) is 0 Å². The van der Waals surface area contributed by atoms with Crippen molar-refractivity contribution in [1.29, 1.82) is 0 Å². The van der Waals surface area contributed by atoms with Crippen molar-refractivity contribution < 1.29 is 0 Å². The van der Waals surface area contributed by atoms with Crippen LogP contribution in [0.15, 0.2) is 48.5 Å². The Hall–Kier alpha value is -1.64. The predicted molar refractivity (Wildman–Crippen MR) is 92.9 cm³/mol. The summed E-state index contributed by atoms with van der Waals surface area (Å²) in [6.07, 6.45) is 6.76. The molecule has 2 aliphatic carbocycles. The average Bonchev–Trinajstić information content (AvgIpc) is 2.55. The lowest BCUT2D eigenvalue weighted by Crippen LogP contribution is -2.27. The van der Waals surface area contributed by atoms with Crippen molar-refractivity contribution in [3.8, 4) is 0 Å². The van der Waals surface area contributed by atoms with Gasteiger partial charge in [-0.2, -0.15) is 0 Å². The average molecular weight is 294 g/mol. The van der Waals surface area contributed by atoms with Crippen LogP contribution < -0.4 is 11.5 Å². The Kier molecular flexibility index (Phi) is 4.91. The topological polar surface area (TPSA) is 52.0 Å². The Bertz CT molecular complexity index is 565. The first-order valence-electron chi connectivity index (χ1n) is 8.37. The van der Waals surface area contributed by atoms with E-state index in [1.54, 1.807) is 0 Å². The van der Waals surface area contributed by atoms with E-state index in [0.717, 1.165) is 38.5 Å². The van der Waals surface area contributed by atoms with Gasteiger partial charge in [0.05, 0.1) is 0 Å². The first kappa shape index (κ1) is 15.3. The largest absolute Gasteiger partial charge is 0.327 e. The molecule has 2 aromatic carbocycles. The van der Waals surface area contributed by atoms with E-state index in [-0.39, 0.29) is 0 Å². The first-order valence-corrected chi connectivity index (χ1v) is 8.37. The van der Waals surface area contributed by atoms with E-state index in [1.165, 1.54) is 22.3 Å². The van der Waals surface area contributed by atoms with E-state index in [1.807, 2.05) is 0 Å². The molecule has 0 bridgehead atoms. The summed E-state index contributed by atoms with van der Waals surface area (Å²) in [5.74, 6) is 0. The Morgan fingerprint density at radius 1 is 0.591 bits per heavy atom. The van der Waals surface area contributed by atoms with E-state index >= 15 is 0 Å². The third-order valence-corrected chi connectivity index (χ3v) is 4.77. The summed E-state index contributed by atoms with van der Waals surface area (Å²) in [7, 11) is 0. The molecule has 2 nitrogen and oxygen atoms in total. The predicted octanol–water partition coefficient (Wildman–Crippen LogP) is 3.01. The second-order valence-corrected chi connectivity index (χ2v) is 6.54. The van der Waals surface area contributed by atoms with Crippen LogP contribution in [0.3, 0.4) is 0 Å². The number of fused-ring (bicyclic) bond motifs is 2. The molecule has 0 radical (unpaired) electrons. The van der Waals surface area contributed by atoms with Gasteiger partial charge in [-0.05, 0) is 60.8 Å². The van der Waals surface area contributed by atoms with Gasteiger partial charge in [-0.1, -0.05) is 48.5 Å². The van der Waals surface area contributed by atoms with Crippen molar-refractivity contribution >= 4 is 0 Å². The summed E-state index contributed by atoms with van der Waals surface area (Å²) in [6, 6.07) is 18.0. The molecular weight excluding hydrogens is 268 g/mol. The quantitative estimate of drug-likeness (QED) is 0.785. The Morgan fingerprint density at radius 3 is 1.36 bits per heavy atom. The van der Waals surface area contributed by atoms with Crippen LogP contribution in [0.4, 0.5) is 0 Å². The number of hydrogen-bond acceptors (Lipinski definition) is 2. The van der Waals surface area contributed by atoms with Gasteiger partial charge in [0, 0.05) is 12.1 Å². The molecule has 0 saturated carbocycles. The highest BCUT2D eigenvalue weighted by Gasteiger charge is 2.14. The molecule has 0 amide bonds. The fourth-order valence-electron chi connectivity index (χ4n) is 3.45. The zero-order valence-electron chi connectivity index (χ0n) is 13.2. The number of nitrogens with two attached hydrogens (primary N) is 2. The Balaban J connectivity index is 0.000000131. The third-order valence-electron chi connectivity index (χ3n) is 4.77. The van der Waals surface area contributed by atoms with Crippen molar-refractivity contribution in [1.82, 2.24) is 0 Å². The molecule has 2 aliphatic rings. The smallest absolute Gasteiger partial charge is 0.00825 e.